The maximum Gasteiger partial charge on any atom is 0.222 e. The zero-order valence-electron chi connectivity index (χ0n) is 12.7. The number of amides is 1. The van der Waals surface area contributed by atoms with Crippen LogP contribution < -0.4 is 11.1 Å². The monoisotopic (exact) mass is 277 g/mol. The van der Waals surface area contributed by atoms with Gasteiger partial charge < -0.3 is 15.6 Å². The van der Waals surface area contributed by atoms with Crippen LogP contribution in [0.15, 0.2) is 12.4 Å². The second-order valence-corrected chi connectivity index (χ2v) is 5.99. The molecule has 0 radical (unpaired) electrons. The Morgan fingerprint density at radius 3 is 3.00 bits per heavy atom. The molecule has 1 aliphatic carbocycles. The van der Waals surface area contributed by atoms with E-state index in [1.165, 1.54) is 30.4 Å². The van der Waals surface area contributed by atoms with E-state index >= 15 is 0 Å². The number of aromatic nitrogens is 1. The minimum absolute atomic E-state index is 0.118. The smallest absolute Gasteiger partial charge is 0.222 e. The number of hydrogen-bond donors (Lipinski definition) is 2. The molecule has 3 N–H and O–H groups in total. The van der Waals surface area contributed by atoms with E-state index in [0.29, 0.717) is 12.6 Å². The van der Waals surface area contributed by atoms with E-state index in [2.05, 4.69) is 29.2 Å². The fourth-order valence-corrected chi connectivity index (χ4v) is 2.96. The average Bonchev–Trinajstić information content (AvgIpc) is 2.71. The lowest BCUT2D eigenvalue weighted by molar-refractivity contribution is -0.121. The van der Waals surface area contributed by atoms with Crippen LogP contribution in [0.25, 0.3) is 0 Å². The third kappa shape index (κ3) is 3.63. The van der Waals surface area contributed by atoms with Crippen LogP contribution in [0.3, 0.4) is 0 Å². The molecule has 1 aliphatic rings. The molecule has 0 saturated heterocycles. The van der Waals surface area contributed by atoms with Gasteiger partial charge in [0.1, 0.15) is 0 Å². The summed E-state index contributed by atoms with van der Waals surface area (Å²) in [6, 6.07) is 0.470. The van der Waals surface area contributed by atoms with Crippen LogP contribution in [-0.4, -0.2) is 17.0 Å². The number of carbonyl (C=O) groups is 1. The van der Waals surface area contributed by atoms with Crippen molar-refractivity contribution in [2.45, 2.75) is 58.5 Å². The van der Waals surface area contributed by atoms with Crippen molar-refractivity contribution < 1.29 is 4.79 Å². The quantitative estimate of drug-likeness (QED) is 0.784. The van der Waals surface area contributed by atoms with E-state index in [4.69, 9.17) is 5.73 Å². The fourth-order valence-electron chi connectivity index (χ4n) is 2.96. The molecule has 20 heavy (non-hydrogen) atoms. The molecule has 0 fully saturated rings. The lowest BCUT2D eigenvalue weighted by Gasteiger charge is -2.16. The van der Waals surface area contributed by atoms with Crippen molar-refractivity contribution in [1.82, 2.24) is 9.88 Å². The van der Waals surface area contributed by atoms with Crippen molar-refractivity contribution in [2.24, 2.45) is 11.7 Å². The van der Waals surface area contributed by atoms with E-state index in [-0.39, 0.29) is 11.8 Å². The normalized spacial score (nSPS) is 20.2. The third-order valence-corrected chi connectivity index (χ3v) is 4.17. The summed E-state index contributed by atoms with van der Waals surface area (Å²) in [7, 11) is 0. The highest BCUT2D eigenvalue weighted by molar-refractivity contribution is 5.76. The third-order valence-electron chi connectivity index (χ3n) is 4.17. The van der Waals surface area contributed by atoms with E-state index in [9.17, 15) is 4.79 Å². The number of nitrogens with zero attached hydrogens (tertiary/aromatic N) is 1. The van der Waals surface area contributed by atoms with Crippen LogP contribution >= 0.6 is 0 Å². The summed E-state index contributed by atoms with van der Waals surface area (Å²) >= 11 is 0. The second kappa shape index (κ2) is 6.93. The lowest BCUT2D eigenvalue weighted by Crippen LogP contribution is -2.24. The van der Waals surface area contributed by atoms with Crippen LogP contribution in [0.1, 0.15) is 56.7 Å². The van der Waals surface area contributed by atoms with Crippen molar-refractivity contribution in [1.29, 1.82) is 0 Å². The van der Waals surface area contributed by atoms with Crippen molar-refractivity contribution in [2.75, 3.05) is 6.54 Å². The topological polar surface area (TPSA) is 60.1 Å². The van der Waals surface area contributed by atoms with E-state index in [1.54, 1.807) is 0 Å². The predicted molar refractivity (Wildman–Crippen MR) is 81.4 cm³/mol. The molecule has 4 nitrogen and oxygen atoms in total. The van der Waals surface area contributed by atoms with Gasteiger partial charge in [0, 0.05) is 25.0 Å². The van der Waals surface area contributed by atoms with E-state index in [1.807, 2.05) is 6.92 Å². The van der Waals surface area contributed by atoms with Crippen molar-refractivity contribution in [3.63, 3.8) is 0 Å². The van der Waals surface area contributed by atoms with Gasteiger partial charge in [-0.3, -0.25) is 4.79 Å². The first kappa shape index (κ1) is 15.1. The number of nitrogens with one attached hydrogen (secondary N) is 1. The Bertz CT molecular complexity index is 453. The second-order valence-electron chi connectivity index (χ2n) is 5.99. The Hall–Kier alpha value is -1.29. The number of primary amides is 1. The maximum absolute atomic E-state index is 11.2. The largest absolute Gasteiger partial charge is 0.369 e. The molecule has 2 atom stereocenters. The molecule has 1 aromatic heterocycles. The van der Waals surface area contributed by atoms with Gasteiger partial charge in [-0.25, -0.2) is 0 Å². The summed E-state index contributed by atoms with van der Waals surface area (Å²) in [6.07, 6.45) is 10.5. The highest BCUT2D eigenvalue weighted by Crippen LogP contribution is 2.29. The average molecular weight is 277 g/mol. The number of carbonyl (C=O) groups excluding carboxylic acids is 1. The summed E-state index contributed by atoms with van der Waals surface area (Å²) in [6.45, 7) is 5.83. The Kier molecular flexibility index (Phi) is 5.24. The summed E-state index contributed by atoms with van der Waals surface area (Å²) in [5.74, 6) is -0.345. The summed E-state index contributed by atoms with van der Waals surface area (Å²) in [5.41, 5.74) is 8.22. The van der Waals surface area contributed by atoms with Gasteiger partial charge in [-0.05, 0) is 43.4 Å². The number of aryl methyl sites for hydroxylation is 1. The van der Waals surface area contributed by atoms with Gasteiger partial charge in [0.05, 0.1) is 5.92 Å². The molecule has 0 bridgehead atoms. The number of nitrogens with two attached hydrogens (primary N) is 1. The molecule has 4 heteroatoms. The maximum atomic E-state index is 11.2. The summed E-state index contributed by atoms with van der Waals surface area (Å²) < 4.78 is 2.14. The van der Waals surface area contributed by atoms with Crippen LogP contribution in [0.5, 0.6) is 0 Å². The summed E-state index contributed by atoms with van der Waals surface area (Å²) in [5, 5.41) is 3.65. The molecule has 0 saturated carbocycles. The van der Waals surface area contributed by atoms with Gasteiger partial charge in [-0.1, -0.05) is 20.3 Å². The molecular formula is C16H27N3O. The zero-order chi connectivity index (χ0) is 14.5. The van der Waals surface area contributed by atoms with Gasteiger partial charge in [0.15, 0.2) is 0 Å². The molecule has 1 aromatic rings. The van der Waals surface area contributed by atoms with Crippen LogP contribution in [-0.2, 0) is 17.8 Å². The predicted octanol–water partition coefficient (Wildman–Crippen LogP) is 2.38. The molecular weight excluding hydrogens is 250 g/mol. The van der Waals surface area contributed by atoms with Gasteiger partial charge in [0.2, 0.25) is 5.91 Å². The highest BCUT2D eigenvalue weighted by atomic mass is 16.1. The van der Waals surface area contributed by atoms with Gasteiger partial charge in [0.25, 0.3) is 0 Å². The molecule has 2 rings (SSSR count). The molecule has 0 spiro atoms. The molecule has 0 aromatic carbocycles. The lowest BCUT2D eigenvalue weighted by atomic mass is 10.0. The Labute approximate surface area is 121 Å². The Balaban J connectivity index is 2.14. The van der Waals surface area contributed by atoms with Crippen LogP contribution in [0.2, 0.25) is 0 Å². The zero-order valence-corrected chi connectivity index (χ0v) is 12.7. The number of fused-ring (bicyclic) bond motifs is 1. The van der Waals surface area contributed by atoms with Crippen molar-refractivity contribution in [3.8, 4) is 0 Å². The van der Waals surface area contributed by atoms with E-state index < -0.39 is 0 Å². The van der Waals surface area contributed by atoms with Crippen molar-refractivity contribution >= 4 is 5.91 Å². The first-order valence-electron chi connectivity index (χ1n) is 7.83. The molecule has 0 aliphatic heterocycles. The minimum atomic E-state index is -0.227. The van der Waals surface area contributed by atoms with Crippen LogP contribution in [0, 0.1) is 5.92 Å². The van der Waals surface area contributed by atoms with Gasteiger partial charge in [-0.15, -0.1) is 0 Å². The molecule has 112 valence electrons. The Morgan fingerprint density at radius 2 is 2.30 bits per heavy atom. The molecule has 2 unspecified atom stereocenters. The van der Waals surface area contributed by atoms with Gasteiger partial charge >= 0.3 is 0 Å². The first-order valence-corrected chi connectivity index (χ1v) is 7.83. The van der Waals surface area contributed by atoms with Crippen LogP contribution in [0.4, 0.5) is 0 Å². The number of hydrogen-bond acceptors (Lipinski definition) is 2. The minimum Gasteiger partial charge on any atom is -0.369 e. The number of rotatable bonds is 6. The summed E-state index contributed by atoms with van der Waals surface area (Å²) in [4.78, 5) is 11.2. The highest BCUT2D eigenvalue weighted by Gasteiger charge is 2.20. The standard InChI is InChI=1S/C16H27N3O/c1-3-8-18-15-7-5-4-6-13-10-19(11-14(13)15)9-12(2)16(17)20/h10-12,15,18H,3-9H2,1-2H3,(H2,17,20). The first-order chi connectivity index (χ1) is 9.61. The SMILES string of the molecule is CCCNC1CCCCc2cn(CC(C)C(N)=O)cc21. The van der Waals surface area contributed by atoms with E-state index in [0.717, 1.165) is 19.4 Å². The Morgan fingerprint density at radius 1 is 1.50 bits per heavy atom. The fraction of sp³-hybridized carbons (Fsp3) is 0.688. The molecule has 1 heterocycles. The molecule has 1 amide bonds. The van der Waals surface area contributed by atoms with Crippen molar-refractivity contribution in [3.05, 3.63) is 23.5 Å². The van der Waals surface area contributed by atoms with Gasteiger partial charge in [-0.2, -0.15) is 0 Å².